The Hall–Kier alpha value is -0.900. The minimum absolute atomic E-state index is 0.149. The fourth-order valence-electron chi connectivity index (χ4n) is 1.41. The van der Waals surface area contributed by atoms with Crippen LogP contribution in [0, 0.1) is 0 Å². The van der Waals surface area contributed by atoms with Crippen molar-refractivity contribution in [1.29, 1.82) is 0 Å². The van der Waals surface area contributed by atoms with Gasteiger partial charge in [0.25, 0.3) is 0 Å². The molecule has 0 radical (unpaired) electrons. The van der Waals surface area contributed by atoms with Gasteiger partial charge in [0.15, 0.2) is 0 Å². The second-order valence-electron chi connectivity index (χ2n) is 4.20. The second kappa shape index (κ2) is 4.53. The zero-order chi connectivity index (χ0) is 12.5. The molecule has 88 valence electrons. The molecule has 1 aromatic rings. The van der Waals surface area contributed by atoms with Crippen LogP contribution < -0.4 is 0 Å². The highest BCUT2D eigenvalue weighted by Crippen LogP contribution is 2.32. The largest absolute Gasteiger partial charge is 0.479 e. The Bertz CT molecular complexity index is 413. The van der Waals surface area contributed by atoms with Crippen molar-refractivity contribution >= 4 is 21.9 Å². The van der Waals surface area contributed by atoms with Crippen molar-refractivity contribution in [3.05, 3.63) is 33.8 Å². The molecule has 0 bridgehead atoms. The molecule has 1 unspecified atom stereocenters. The van der Waals surface area contributed by atoms with Crippen molar-refractivity contribution in [2.75, 3.05) is 0 Å². The van der Waals surface area contributed by atoms with Gasteiger partial charge in [-0.05, 0) is 24.5 Å². The second-order valence-corrected chi connectivity index (χ2v) is 5.05. The number of carboxylic acid groups (broad SMARTS) is 1. The van der Waals surface area contributed by atoms with Crippen molar-refractivity contribution in [3.8, 4) is 0 Å². The van der Waals surface area contributed by atoms with E-state index >= 15 is 0 Å². The fraction of sp³-hybridized carbons (Fsp3) is 0.417. The van der Waals surface area contributed by atoms with Gasteiger partial charge in [-0.2, -0.15) is 0 Å². The minimum atomic E-state index is -2.35. The van der Waals surface area contributed by atoms with Crippen LogP contribution >= 0.6 is 15.9 Å². The SMILES string of the molecule is CC(C)c1ccc(C(C)(F)C(=O)O)cc1Br. The number of aliphatic carboxylic acids is 1. The van der Waals surface area contributed by atoms with Crippen LogP contribution in [-0.2, 0) is 10.5 Å². The lowest BCUT2D eigenvalue weighted by atomic mass is 9.94. The maximum atomic E-state index is 13.8. The summed E-state index contributed by atoms with van der Waals surface area (Å²) in [5.41, 5.74) is -1.17. The third-order valence-electron chi connectivity index (χ3n) is 2.57. The molecule has 0 aromatic heterocycles. The van der Waals surface area contributed by atoms with Gasteiger partial charge in [0.05, 0.1) is 0 Å². The molecule has 0 saturated heterocycles. The molecule has 1 N–H and O–H groups in total. The standard InChI is InChI=1S/C12H14BrFO2/c1-7(2)9-5-4-8(6-10(9)13)12(3,14)11(15)16/h4-7H,1-3H3,(H,15,16). The van der Waals surface area contributed by atoms with Crippen molar-refractivity contribution in [2.24, 2.45) is 0 Å². The van der Waals surface area contributed by atoms with Crippen LogP contribution in [0.3, 0.4) is 0 Å². The summed E-state index contributed by atoms with van der Waals surface area (Å²) < 4.78 is 14.6. The number of carbonyl (C=O) groups is 1. The topological polar surface area (TPSA) is 37.3 Å². The molecule has 16 heavy (non-hydrogen) atoms. The molecule has 2 nitrogen and oxygen atoms in total. The van der Waals surface area contributed by atoms with Gasteiger partial charge in [0.1, 0.15) is 0 Å². The zero-order valence-electron chi connectivity index (χ0n) is 9.42. The summed E-state index contributed by atoms with van der Waals surface area (Å²) in [4.78, 5) is 10.8. The van der Waals surface area contributed by atoms with E-state index in [1.165, 1.54) is 12.1 Å². The first-order valence-corrected chi connectivity index (χ1v) is 5.78. The third-order valence-corrected chi connectivity index (χ3v) is 3.25. The third kappa shape index (κ3) is 2.43. The van der Waals surface area contributed by atoms with Gasteiger partial charge in [-0.15, -0.1) is 0 Å². The summed E-state index contributed by atoms with van der Waals surface area (Å²) in [5.74, 6) is -1.17. The summed E-state index contributed by atoms with van der Waals surface area (Å²) in [7, 11) is 0. The molecule has 0 aliphatic carbocycles. The number of halogens is 2. The van der Waals surface area contributed by atoms with Gasteiger partial charge in [0.2, 0.25) is 5.67 Å². The lowest BCUT2D eigenvalue weighted by Gasteiger charge is -2.17. The van der Waals surface area contributed by atoms with Gasteiger partial charge in [-0.25, -0.2) is 9.18 Å². The molecule has 1 atom stereocenters. The summed E-state index contributed by atoms with van der Waals surface area (Å²) >= 11 is 3.33. The maximum Gasteiger partial charge on any atom is 0.345 e. The first-order chi connectivity index (χ1) is 7.26. The summed E-state index contributed by atoms with van der Waals surface area (Å²) in [6, 6.07) is 4.81. The number of hydrogen-bond donors (Lipinski definition) is 1. The van der Waals surface area contributed by atoms with E-state index in [9.17, 15) is 9.18 Å². The molecule has 1 aromatic carbocycles. The number of rotatable bonds is 3. The van der Waals surface area contributed by atoms with E-state index < -0.39 is 11.6 Å². The number of benzene rings is 1. The molecule has 4 heteroatoms. The highest BCUT2D eigenvalue weighted by atomic mass is 79.9. The number of hydrogen-bond acceptors (Lipinski definition) is 1. The molecular weight excluding hydrogens is 275 g/mol. The van der Waals surface area contributed by atoms with Crippen LogP contribution in [0.4, 0.5) is 4.39 Å². The Morgan fingerprint density at radius 2 is 2.06 bits per heavy atom. The van der Waals surface area contributed by atoms with Crippen molar-refractivity contribution in [1.82, 2.24) is 0 Å². The van der Waals surface area contributed by atoms with Crippen LogP contribution in [-0.4, -0.2) is 11.1 Å². The summed E-state index contributed by atoms with van der Waals surface area (Å²) in [5, 5.41) is 8.77. The van der Waals surface area contributed by atoms with Crippen LogP contribution in [0.2, 0.25) is 0 Å². The molecule has 0 amide bonds. The van der Waals surface area contributed by atoms with Gasteiger partial charge >= 0.3 is 5.97 Å². The van der Waals surface area contributed by atoms with Gasteiger partial charge in [0, 0.05) is 10.0 Å². The molecule has 1 rings (SSSR count). The fourth-order valence-corrected chi connectivity index (χ4v) is 2.25. The normalized spacial score (nSPS) is 14.9. The lowest BCUT2D eigenvalue weighted by molar-refractivity contribution is -0.150. The lowest BCUT2D eigenvalue weighted by Crippen LogP contribution is -2.26. The van der Waals surface area contributed by atoms with Gasteiger partial charge in [-0.3, -0.25) is 0 Å². The van der Waals surface area contributed by atoms with E-state index in [0.717, 1.165) is 17.0 Å². The predicted octanol–water partition coefficient (Wildman–Crippen LogP) is 3.84. The molecule has 0 aliphatic heterocycles. The van der Waals surface area contributed by atoms with E-state index in [0.29, 0.717) is 5.92 Å². The van der Waals surface area contributed by atoms with Crippen molar-refractivity contribution in [2.45, 2.75) is 32.4 Å². The smallest absolute Gasteiger partial charge is 0.345 e. The average Bonchev–Trinajstić information content (AvgIpc) is 2.16. The van der Waals surface area contributed by atoms with E-state index in [2.05, 4.69) is 15.9 Å². The van der Waals surface area contributed by atoms with E-state index in [1.54, 1.807) is 6.07 Å². The van der Waals surface area contributed by atoms with E-state index in [4.69, 9.17) is 5.11 Å². The summed E-state index contributed by atoms with van der Waals surface area (Å²) in [6.07, 6.45) is 0. The molecule has 0 spiro atoms. The van der Waals surface area contributed by atoms with Crippen LogP contribution in [0.1, 0.15) is 37.8 Å². The monoisotopic (exact) mass is 288 g/mol. The number of alkyl halides is 1. The predicted molar refractivity (Wildman–Crippen MR) is 64.3 cm³/mol. The van der Waals surface area contributed by atoms with Gasteiger partial charge < -0.3 is 5.11 Å². The minimum Gasteiger partial charge on any atom is -0.479 e. The maximum absolute atomic E-state index is 13.8. The number of carboxylic acids is 1. The Balaban J connectivity index is 3.21. The molecule has 0 heterocycles. The Kier molecular flexibility index (Phi) is 3.73. The van der Waals surface area contributed by atoms with E-state index in [1.807, 2.05) is 13.8 Å². The quantitative estimate of drug-likeness (QED) is 0.917. The Morgan fingerprint density at radius 3 is 2.44 bits per heavy atom. The van der Waals surface area contributed by atoms with Crippen LogP contribution in [0.5, 0.6) is 0 Å². The van der Waals surface area contributed by atoms with Crippen LogP contribution in [0.25, 0.3) is 0 Å². The van der Waals surface area contributed by atoms with Gasteiger partial charge in [-0.1, -0.05) is 41.9 Å². The first-order valence-electron chi connectivity index (χ1n) is 4.99. The Morgan fingerprint density at radius 1 is 1.50 bits per heavy atom. The highest BCUT2D eigenvalue weighted by molar-refractivity contribution is 9.10. The molecular formula is C12H14BrFO2. The van der Waals surface area contributed by atoms with Crippen molar-refractivity contribution in [3.63, 3.8) is 0 Å². The Labute approximate surface area is 103 Å². The molecule has 0 saturated carbocycles. The van der Waals surface area contributed by atoms with Crippen molar-refractivity contribution < 1.29 is 14.3 Å². The zero-order valence-corrected chi connectivity index (χ0v) is 11.0. The first kappa shape index (κ1) is 13.2. The highest BCUT2D eigenvalue weighted by Gasteiger charge is 2.35. The van der Waals surface area contributed by atoms with E-state index in [-0.39, 0.29) is 5.56 Å². The van der Waals surface area contributed by atoms with Crippen LogP contribution in [0.15, 0.2) is 22.7 Å². The molecule has 0 aliphatic rings. The average molecular weight is 289 g/mol. The molecule has 0 fully saturated rings. The summed E-state index contributed by atoms with van der Waals surface area (Å²) in [6.45, 7) is 5.09.